The second kappa shape index (κ2) is 6.30. The predicted molar refractivity (Wildman–Crippen MR) is 88.2 cm³/mol. The van der Waals surface area contributed by atoms with Gasteiger partial charge >= 0.3 is 0 Å². The minimum atomic E-state index is 0.607. The Morgan fingerprint density at radius 2 is 1.90 bits per heavy atom. The van der Waals surface area contributed by atoms with Crippen LogP contribution in [0.3, 0.4) is 0 Å². The lowest BCUT2D eigenvalue weighted by atomic mass is 9.76. The summed E-state index contributed by atoms with van der Waals surface area (Å²) in [6.07, 6.45) is 2.36. The van der Waals surface area contributed by atoms with Gasteiger partial charge in [-0.2, -0.15) is 0 Å². The zero-order chi connectivity index (χ0) is 13.9. The van der Waals surface area contributed by atoms with Gasteiger partial charge in [0.2, 0.25) is 0 Å². The molecule has 1 nitrogen and oxygen atoms in total. The Hall–Kier alpha value is -0.830. The highest BCUT2D eigenvalue weighted by Gasteiger charge is 2.30. The normalized spacial score (nSPS) is 21.5. The summed E-state index contributed by atoms with van der Waals surface area (Å²) < 4.78 is 1.14. The molecule has 0 aromatic heterocycles. The molecule has 0 atom stereocenters. The van der Waals surface area contributed by atoms with E-state index in [0.29, 0.717) is 12.0 Å². The van der Waals surface area contributed by atoms with Crippen LogP contribution in [0.15, 0.2) is 53.0 Å². The Morgan fingerprint density at radius 1 is 1.10 bits per heavy atom. The summed E-state index contributed by atoms with van der Waals surface area (Å²) in [4.78, 5) is 0. The van der Waals surface area contributed by atoms with E-state index in [1.807, 2.05) is 12.1 Å². The summed E-state index contributed by atoms with van der Waals surface area (Å²) in [5, 5.41) is 4.52. The van der Waals surface area contributed by atoms with E-state index in [1.165, 1.54) is 24.0 Å². The molecule has 0 unspecified atom stereocenters. The third-order valence-electron chi connectivity index (χ3n) is 3.97. The fourth-order valence-corrected chi connectivity index (χ4v) is 3.49. The van der Waals surface area contributed by atoms with Crippen LogP contribution in [0.4, 0.5) is 0 Å². The van der Waals surface area contributed by atoms with Crippen molar-refractivity contribution in [1.29, 1.82) is 0 Å². The zero-order valence-corrected chi connectivity index (χ0v) is 13.5. The van der Waals surface area contributed by atoms with Crippen molar-refractivity contribution in [1.82, 2.24) is 5.32 Å². The van der Waals surface area contributed by atoms with E-state index in [4.69, 9.17) is 11.6 Å². The van der Waals surface area contributed by atoms with Crippen LogP contribution in [-0.4, -0.2) is 6.04 Å². The highest BCUT2D eigenvalue weighted by atomic mass is 79.9. The molecule has 1 fully saturated rings. The van der Waals surface area contributed by atoms with Gasteiger partial charge in [-0.25, -0.2) is 0 Å². The minimum absolute atomic E-state index is 0.607. The molecule has 1 aliphatic rings. The standard InChI is InChI=1S/C17H17BrClN/c18-14-5-3-4-12(8-14)11-20-15-9-13(10-15)16-6-1-2-7-17(16)19/h1-8,13,15,20H,9-11H2. The molecule has 1 N–H and O–H groups in total. The molecule has 2 aromatic rings. The van der Waals surface area contributed by atoms with Gasteiger partial charge in [0.1, 0.15) is 0 Å². The Kier molecular flexibility index (Phi) is 4.45. The van der Waals surface area contributed by atoms with E-state index >= 15 is 0 Å². The Bertz CT molecular complexity index is 593. The van der Waals surface area contributed by atoms with E-state index in [1.54, 1.807) is 0 Å². The van der Waals surface area contributed by atoms with E-state index in [0.717, 1.165) is 16.0 Å². The molecule has 0 amide bonds. The van der Waals surface area contributed by atoms with E-state index in [2.05, 4.69) is 57.6 Å². The Labute approximate surface area is 133 Å². The average Bonchev–Trinajstić information content (AvgIpc) is 2.39. The topological polar surface area (TPSA) is 12.0 Å². The summed E-state index contributed by atoms with van der Waals surface area (Å²) in [5.41, 5.74) is 2.62. The van der Waals surface area contributed by atoms with Crippen LogP contribution in [0.2, 0.25) is 5.02 Å². The summed E-state index contributed by atoms with van der Waals surface area (Å²) >= 11 is 9.75. The fourth-order valence-electron chi connectivity index (χ4n) is 2.75. The molecule has 1 saturated carbocycles. The zero-order valence-electron chi connectivity index (χ0n) is 11.2. The molecule has 0 saturated heterocycles. The van der Waals surface area contributed by atoms with Crippen LogP contribution in [0.25, 0.3) is 0 Å². The maximum absolute atomic E-state index is 6.24. The average molecular weight is 351 g/mol. The van der Waals surface area contributed by atoms with Gasteiger partial charge in [0.05, 0.1) is 0 Å². The van der Waals surface area contributed by atoms with Crippen molar-refractivity contribution >= 4 is 27.5 Å². The van der Waals surface area contributed by atoms with Crippen molar-refractivity contribution in [2.24, 2.45) is 0 Å². The van der Waals surface area contributed by atoms with Crippen molar-refractivity contribution in [2.45, 2.75) is 31.3 Å². The lowest BCUT2D eigenvalue weighted by Gasteiger charge is -2.37. The first kappa shape index (κ1) is 14.1. The monoisotopic (exact) mass is 349 g/mol. The molecule has 20 heavy (non-hydrogen) atoms. The minimum Gasteiger partial charge on any atom is -0.310 e. The summed E-state index contributed by atoms with van der Waals surface area (Å²) in [5.74, 6) is 0.615. The van der Waals surface area contributed by atoms with Crippen LogP contribution in [0.5, 0.6) is 0 Å². The first-order valence-electron chi connectivity index (χ1n) is 6.94. The van der Waals surface area contributed by atoms with Crippen LogP contribution in [-0.2, 0) is 6.54 Å². The third-order valence-corrected chi connectivity index (χ3v) is 4.80. The van der Waals surface area contributed by atoms with Gasteiger partial charge in [-0.1, -0.05) is 57.9 Å². The number of halogens is 2. The smallest absolute Gasteiger partial charge is 0.0440 e. The highest BCUT2D eigenvalue weighted by molar-refractivity contribution is 9.10. The predicted octanol–water partition coefficient (Wildman–Crippen LogP) is 5.14. The molecule has 1 aliphatic carbocycles. The van der Waals surface area contributed by atoms with Crippen LogP contribution >= 0.6 is 27.5 Å². The molecule has 0 spiro atoms. The molecule has 2 aromatic carbocycles. The fraction of sp³-hybridized carbons (Fsp3) is 0.294. The van der Waals surface area contributed by atoms with Crippen LogP contribution in [0, 0.1) is 0 Å². The van der Waals surface area contributed by atoms with Gasteiger partial charge in [0.25, 0.3) is 0 Å². The van der Waals surface area contributed by atoms with E-state index in [-0.39, 0.29) is 0 Å². The summed E-state index contributed by atoms with van der Waals surface area (Å²) in [7, 11) is 0. The van der Waals surface area contributed by atoms with Gasteiger partial charge in [0.15, 0.2) is 0 Å². The first-order chi connectivity index (χ1) is 9.72. The Morgan fingerprint density at radius 3 is 2.65 bits per heavy atom. The molecule has 0 aliphatic heterocycles. The van der Waals surface area contributed by atoms with Crippen molar-refractivity contribution < 1.29 is 0 Å². The molecule has 3 rings (SSSR count). The number of benzene rings is 2. The molecule has 3 heteroatoms. The van der Waals surface area contributed by atoms with Gasteiger partial charge in [0, 0.05) is 22.1 Å². The summed E-state index contributed by atoms with van der Waals surface area (Å²) in [6.45, 7) is 0.930. The lowest BCUT2D eigenvalue weighted by molar-refractivity contribution is 0.289. The maximum atomic E-state index is 6.24. The second-order valence-corrected chi connectivity index (χ2v) is 6.72. The Balaban J connectivity index is 1.50. The van der Waals surface area contributed by atoms with E-state index in [9.17, 15) is 0 Å². The molecule has 104 valence electrons. The van der Waals surface area contributed by atoms with Gasteiger partial charge in [-0.05, 0) is 48.1 Å². The van der Waals surface area contributed by atoms with Crippen molar-refractivity contribution in [3.8, 4) is 0 Å². The van der Waals surface area contributed by atoms with Gasteiger partial charge in [-0.15, -0.1) is 0 Å². The molecule has 0 bridgehead atoms. The van der Waals surface area contributed by atoms with Crippen molar-refractivity contribution in [3.63, 3.8) is 0 Å². The van der Waals surface area contributed by atoms with Gasteiger partial charge in [-0.3, -0.25) is 0 Å². The SMILES string of the molecule is Clc1ccccc1C1CC(NCc2cccc(Br)c2)C1. The number of rotatable bonds is 4. The third kappa shape index (κ3) is 3.25. The lowest BCUT2D eigenvalue weighted by Crippen LogP contribution is -2.39. The molecule has 0 radical (unpaired) electrons. The molecular formula is C17H17BrClN. The number of hydrogen-bond acceptors (Lipinski definition) is 1. The molecule has 0 heterocycles. The van der Waals surface area contributed by atoms with Gasteiger partial charge < -0.3 is 5.32 Å². The van der Waals surface area contributed by atoms with Crippen LogP contribution in [0.1, 0.15) is 29.9 Å². The quantitative estimate of drug-likeness (QED) is 0.805. The second-order valence-electron chi connectivity index (χ2n) is 5.40. The van der Waals surface area contributed by atoms with Crippen LogP contribution < -0.4 is 5.32 Å². The summed E-state index contributed by atoms with van der Waals surface area (Å²) in [6, 6.07) is 17.3. The van der Waals surface area contributed by atoms with Crippen molar-refractivity contribution in [2.75, 3.05) is 0 Å². The number of hydrogen-bond donors (Lipinski definition) is 1. The molecular weight excluding hydrogens is 334 g/mol. The number of nitrogens with one attached hydrogen (secondary N) is 1. The maximum Gasteiger partial charge on any atom is 0.0440 e. The first-order valence-corrected chi connectivity index (χ1v) is 8.12. The largest absolute Gasteiger partial charge is 0.310 e. The van der Waals surface area contributed by atoms with Crippen molar-refractivity contribution in [3.05, 3.63) is 69.2 Å². The highest BCUT2D eigenvalue weighted by Crippen LogP contribution is 2.39. The van der Waals surface area contributed by atoms with E-state index < -0.39 is 0 Å².